The summed E-state index contributed by atoms with van der Waals surface area (Å²) in [5, 5.41) is 16.6. The van der Waals surface area contributed by atoms with Crippen molar-refractivity contribution in [3.8, 4) is 22.9 Å². The third-order valence-corrected chi connectivity index (χ3v) is 3.82. The van der Waals surface area contributed by atoms with Gasteiger partial charge >= 0.3 is 0 Å². The summed E-state index contributed by atoms with van der Waals surface area (Å²) < 4.78 is 5.74. The Balaban J connectivity index is 1.44. The first-order chi connectivity index (χ1) is 13.3. The number of nitrogens with zero attached hydrogens (tertiary/aromatic N) is 3. The Morgan fingerprint density at radius 2 is 1.67 bits per heavy atom. The average Bonchev–Trinajstić information content (AvgIpc) is 3.25. The van der Waals surface area contributed by atoms with Crippen LogP contribution in [0, 0.1) is 0 Å². The van der Waals surface area contributed by atoms with Gasteiger partial charge in [0, 0.05) is 16.8 Å². The Bertz CT molecular complexity index is 1030. The number of amides is 1. The normalized spacial score (nSPS) is 10.4. The summed E-state index contributed by atoms with van der Waals surface area (Å²) in [6.45, 7) is 0. The van der Waals surface area contributed by atoms with Gasteiger partial charge in [-0.15, -0.1) is 10.2 Å². The van der Waals surface area contributed by atoms with Crippen LogP contribution in [0.1, 0.15) is 10.4 Å². The number of aromatic amines is 1. The van der Waals surface area contributed by atoms with Crippen molar-refractivity contribution in [3.63, 3.8) is 0 Å². The molecule has 7 nitrogen and oxygen atoms in total. The predicted octanol–water partition coefficient (Wildman–Crippen LogP) is 3.91. The van der Waals surface area contributed by atoms with Gasteiger partial charge in [0.25, 0.3) is 5.91 Å². The lowest BCUT2D eigenvalue weighted by Crippen LogP contribution is -2.11. The Morgan fingerprint density at radius 3 is 2.41 bits per heavy atom. The third kappa shape index (κ3) is 3.98. The van der Waals surface area contributed by atoms with Crippen molar-refractivity contribution in [3.05, 3.63) is 84.4 Å². The molecule has 132 valence electrons. The lowest BCUT2D eigenvalue weighted by atomic mass is 10.1. The van der Waals surface area contributed by atoms with Crippen LogP contribution in [0.15, 0.2) is 78.9 Å². The SMILES string of the molecule is O=C(Nc1ccc(Oc2ccccc2)cc1)c1cccc(-c2nn[nH]n2)c1. The number of hydrogen-bond donors (Lipinski definition) is 2. The second-order valence-electron chi connectivity index (χ2n) is 5.71. The van der Waals surface area contributed by atoms with E-state index < -0.39 is 0 Å². The minimum absolute atomic E-state index is 0.225. The highest BCUT2D eigenvalue weighted by atomic mass is 16.5. The molecule has 0 bridgehead atoms. The van der Waals surface area contributed by atoms with Gasteiger partial charge in [0.2, 0.25) is 5.82 Å². The highest BCUT2D eigenvalue weighted by Crippen LogP contribution is 2.23. The van der Waals surface area contributed by atoms with E-state index in [1.165, 1.54) is 0 Å². The summed E-state index contributed by atoms with van der Waals surface area (Å²) in [7, 11) is 0. The molecule has 0 saturated heterocycles. The summed E-state index contributed by atoms with van der Waals surface area (Å²) in [4.78, 5) is 12.5. The van der Waals surface area contributed by atoms with Crippen LogP contribution < -0.4 is 10.1 Å². The molecule has 0 radical (unpaired) electrons. The standard InChI is InChI=1S/C20H15N5O2/c26-20(15-6-4-5-14(13-15)19-22-24-25-23-19)21-16-9-11-18(12-10-16)27-17-7-2-1-3-8-17/h1-13H,(H,21,26)(H,22,23,24,25). The average molecular weight is 357 g/mol. The van der Waals surface area contributed by atoms with Crippen molar-refractivity contribution in [2.75, 3.05) is 5.32 Å². The van der Waals surface area contributed by atoms with Gasteiger partial charge in [0.05, 0.1) is 0 Å². The number of ether oxygens (including phenoxy) is 1. The molecule has 0 aliphatic rings. The molecule has 27 heavy (non-hydrogen) atoms. The topological polar surface area (TPSA) is 92.8 Å². The number of anilines is 1. The van der Waals surface area contributed by atoms with Crippen molar-refractivity contribution >= 4 is 11.6 Å². The van der Waals surface area contributed by atoms with Crippen LogP contribution >= 0.6 is 0 Å². The molecule has 0 fully saturated rings. The molecule has 3 aromatic carbocycles. The minimum Gasteiger partial charge on any atom is -0.457 e. The van der Waals surface area contributed by atoms with E-state index in [4.69, 9.17) is 4.74 Å². The lowest BCUT2D eigenvalue weighted by Gasteiger charge is -2.08. The van der Waals surface area contributed by atoms with Gasteiger partial charge in [-0.1, -0.05) is 30.3 Å². The number of aromatic nitrogens is 4. The van der Waals surface area contributed by atoms with E-state index in [2.05, 4.69) is 25.9 Å². The predicted molar refractivity (Wildman–Crippen MR) is 101 cm³/mol. The fraction of sp³-hybridized carbons (Fsp3) is 0. The molecule has 4 aromatic rings. The fourth-order valence-electron chi connectivity index (χ4n) is 2.52. The summed E-state index contributed by atoms with van der Waals surface area (Å²) in [5.41, 5.74) is 1.88. The molecule has 7 heteroatoms. The smallest absolute Gasteiger partial charge is 0.255 e. The summed E-state index contributed by atoms with van der Waals surface area (Å²) in [6.07, 6.45) is 0. The van der Waals surface area contributed by atoms with Crippen LogP contribution in [0.25, 0.3) is 11.4 Å². The highest BCUT2D eigenvalue weighted by molar-refractivity contribution is 6.04. The minimum atomic E-state index is -0.225. The van der Waals surface area contributed by atoms with Gasteiger partial charge in [-0.05, 0) is 53.7 Å². The maximum Gasteiger partial charge on any atom is 0.255 e. The Hall–Kier alpha value is -4.00. The number of hydrogen-bond acceptors (Lipinski definition) is 5. The van der Waals surface area contributed by atoms with Crippen LogP contribution in [-0.4, -0.2) is 26.5 Å². The molecule has 1 heterocycles. The van der Waals surface area contributed by atoms with E-state index in [-0.39, 0.29) is 5.91 Å². The van der Waals surface area contributed by atoms with Crippen molar-refractivity contribution in [1.29, 1.82) is 0 Å². The molecular weight excluding hydrogens is 342 g/mol. The van der Waals surface area contributed by atoms with E-state index in [9.17, 15) is 4.79 Å². The molecule has 0 atom stereocenters. The number of carbonyl (C=O) groups is 1. The van der Waals surface area contributed by atoms with E-state index >= 15 is 0 Å². The maximum absolute atomic E-state index is 12.5. The Kier molecular flexibility index (Phi) is 4.57. The molecule has 0 spiro atoms. The van der Waals surface area contributed by atoms with Gasteiger partial charge in [0.1, 0.15) is 11.5 Å². The number of nitrogens with one attached hydrogen (secondary N) is 2. The van der Waals surface area contributed by atoms with Crippen molar-refractivity contribution in [2.45, 2.75) is 0 Å². The highest BCUT2D eigenvalue weighted by Gasteiger charge is 2.10. The summed E-state index contributed by atoms with van der Waals surface area (Å²) >= 11 is 0. The summed E-state index contributed by atoms with van der Waals surface area (Å²) in [5.74, 6) is 1.66. The van der Waals surface area contributed by atoms with Crippen molar-refractivity contribution in [1.82, 2.24) is 20.6 Å². The second kappa shape index (κ2) is 7.49. The number of carbonyl (C=O) groups excluding carboxylic acids is 1. The molecule has 4 rings (SSSR count). The first-order valence-corrected chi connectivity index (χ1v) is 8.26. The van der Waals surface area contributed by atoms with E-state index in [1.54, 1.807) is 42.5 Å². The maximum atomic E-state index is 12.5. The third-order valence-electron chi connectivity index (χ3n) is 3.82. The van der Waals surface area contributed by atoms with Crippen LogP contribution in [-0.2, 0) is 0 Å². The zero-order valence-electron chi connectivity index (χ0n) is 14.2. The van der Waals surface area contributed by atoms with Gasteiger partial charge in [0.15, 0.2) is 0 Å². The van der Waals surface area contributed by atoms with Gasteiger partial charge in [-0.3, -0.25) is 4.79 Å². The fourth-order valence-corrected chi connectivity index (χ4v) is 2.52. The van der Waals surface area contributed by atoms with E-state index in [0.717, 1.165) is 5.75 Å². The number of rotatable bonds is 5. The van der Waals surface area contributed by atoms with E-state index in [1.807, 2.05) is 36.4 Å². The first-order valence-electron chi connectivity index (χ1n) is 8.26. The van der Waals surface area contributed by atoms with Crippen molar-refractivity contribution < 1.29 is 9.53 Å². The Morgan fingerprint density at radius 1 is 0.889 bits per heavy atom. The number of para-hydroxylation sites is 1. The second-order valence-corrected chi connectivity index (χ2v) is 5.71. The Labute approximate surface area is 155 Å². The molecule has 0 saturated carbocycles. The van der Waals surface area contributed by atoms with Crippen LogP contribution in [0.3, 0.4) is 0 Å². The monoisotopic (exact) mass is 357 g/mol. The zero-order valence-corrected chi connectivity index (χ0v) is 14.2. The molecule has 0 unspecified atom stereocenters. The summed E-state index contributed by atoms with van der Waals surface area (Å²) in [6, 6.07) is 23.7. The molecule has 0 aliphatic carbocycles. The van der Waals surface area contributed by atoms with Crippen LogP contribution in [0.2, 0.25) is 0 Å². The van der Waals surface area contributed by atoms with Gasteiger partial charge < -0.3 is 10.1 Å². The quantitative estimate of drug-likeness (QED) is 0.565. The number of H-pyrrole nitrogens is 1. The van der Waals surface area contributed by atoms with E-state index in [0.29, 0.717) is 28.4 Å². The molecule has 0 aliphatic heterocycles. The number of tetrazole rings is 1. The van der Waals surface area contributed by atoms with Gasteiger partial charge in [-0.2, -0.15) is 5.21 Å². The molecule has 1 amide bonds. The zero-order chi connectivity index (χ0) is 18.5. The van der Waals surface area contributed by atoms with Gasteiger partial charge in [-0.25, -0.2) is 0 Å². The largest absolute Gasteiger partial charge is 0.457 e. The molecule has 1 aromatic heterocycles. The molecular formula is C20H15N5O2. The lowest BCUT2D eigenvalue weighted by molar-refractivity contribution is 0.102. The molecule has 2 N–H and O–H groups in total. The van der Waals surface area contributed by atoms with Crippen LogP contribution in [0.4, 0.5) is 5.69 Å². The van der Waals surface area contributed by atoms with Crippen LogP contribution in [0.5, 0.6) is 11.5 Å². The first kappa shape index (κ1) is 16.5. The van der Waals surface area contributed by atoms with Crippen molar-refractivity contribution in [2.24, 2.45) is 0 Å². The number of benzene rings is 3.